The molecular formula is C14H17FN2. The first kappa shape index (κ1) is 12.1. The molecule has 0 atom stereocenters. The highest BCUT2D eigenvalue weighted by molar-refractivity contribution is 5.26. The second kappa shape index (κ2) is 5.29. The lowest BCUT2D eigenvalue weighted by atomic mass is 10.1. The van der Waals surface area contributed by atoms with E-state index in [1.54, 1.807) is 6.07 Å². The van der Waals surface area contributed by atoms with Crippen LogP contribution in [-0.2, 0) is 6.54 Å². The summed E-state index contributed by atoms with van der Waals surface area (Å²) in [6.45, 7) is 3.59. The number of halogens is 1. The van der Waals surface area contributed by atoms with Gasteiger partial charge in [0.1, 0.15) is 5.82 Å². The van der Waals surface area contributed by atoms with Gasteiger partial charge in [0.05, 0.1) is 6.07 Å². The average molecular weight is 232 g/mol. The first-order valence-corrected chi connectivity index (χ1v) is 6.06. The third-order valence-corrected chi connectivity index (χ3v) is 3.25. The van der Waals surface area contributed by atoms with Gasteiger partial charge in [0, 0.05) is 25.6 Å². The molecule has 1 aliphatic rings. The minimum Gasteiger partial charge on any atom is -0.295 e. The maximum absolute atomic E-state index is 13.0. The van der Waals surface area contributed by atoms with Crippen molar-refractivity contribution >= 4 is 0 Å². The SMILES string of the molecule is Cc1cc(F)ccc1CN(CCC#N)C1CC1. The van der Waals surface area contributed by atoms with Crippen LogP contribution in [0, 0.1) is 24.1 Å². The normalized spacial score (nSPS) is 14.9. The molecule has 1 aromatic rings. The zero-order valence-corrected chi connectivity index (χ0v) is 10.1. The van der Waals surface area contributed by atoms with Crippen LogP contribution in [0.4, 0.5) is 4.39 Å². The molecule has 0 saturated heterocycles. The monoisotopic (exact) mass is 232 g/mol. The summed E-state index contributed by atoms with van der Waals surface area (Å²) in [7, 11) is 0. The highest BCUT2D eigenvalue weighted by atomic mass is 19.1. The third kappa shape index (κ3) is 3.28. The fraction of sp³-hybridized carbons (Fsp3) is 0.500. The van der Waals surface area contributed by atoms with E-state index in [1.807, 2.05) is 13.0 Å². The molecule has 0 heterocycles. The second-order valence-electron chi connectivity index (χ2n) is 4.68. The molecule has 3 heteroatoms. The Morgan fingerprint density at radius 2 is 2.24 bits per heavy atom. The van der Waals surface area contributed by atoms with Crippen molar-refractivity contribution < 1.29 is 4.39 Å². The Balaban J connectivity index is 2.03. The summed E-state index contributed by atoms with van der Waals surface area (Å²) in [5.41, 5.74) is 2.16. The topological polar surface area (TPSA) is 27.0 Å². The summed E-state index contributed by atoms with van der Waals surface area (Å²) < 4.78 is 13.0. The predicted molar refractivity (Wildman–Crippen MR) is 64.8 cm³/mol. The number of aryl methyl sites for hydroxylation is 1. The van der Waals surface area contributed by atoms with E-state index in [4.69, 9.17) is 5.26 Å². The van der Waals surface area contributed by atoms with Gasteiger partial charge in [-0.1, -0.05) is 6.07 Å². The molecule has 0 spiro atoms. The molecule has 0 aliphatic heterocycles. The van der Waals surface area contributed by atoms with Crippen LogP contribution in [0.1, 0.15) is 30.4 Å². The zero-order valence-electron chi connectivity index (χ0n) is 10.1. The first-order chi connectivity index (χ1) is 8.20. The minimum atomic E-state index is -0.179. The first-order valence-electron chi connectivity index (χ1n) is 6.06. The van der Waals surface area contributed by atoms with E-state index < -0.39 is 0 Å². The van der Waals surface area contributed by atoms with Crippen molar-refractivity contribution in [2.45, 2.75) is 38.8 Å². The number of benzene rings is 1. The summed E-state index contributed by atoms with van der Waals surface area (Å²) >= 11 is 0. The molecule has 0 amide bonds. The number of rotatable bonds is 5. The maximum atomic E-state index is 13.0. The fourth-order valence-electron chi connectivity index (χ4n) is 2.08. The molecule has 0 aromatic heterocycles. The summed E-state index contributed by atoms with van der Waals surface area (Å²) in [6.07, 6.45) is 3.02. The van der Waals surface area contributed by atoms with Gasteiger partial charge in [0.2, 0.25) is 0 Å². The van der Waals surface area contributed by atoms with E-state index in [1.165, 1.54) is 18.9 Å². The van der Waals surface area contributed by atoms with Gasteiger partial charge < -0.3 is 0 Å². The van der Waals surface area contributed by atoms with Crippen molar-refractivity contribution in [1.82, 2.24) is 4.90 Å². The molecule has 2 nitrogen and oxygen atoms in total. The Labute approximate surface area is 102 Å². The van der Waals surface area contributed by atoms with Crippen molar-refractivity contribution in [2.75, 3.05) is 6.54 Å². The van der Waals surface area contributed by atoms with E-state index in [9.17, 15) is 4.39 Å². The van der Waals surface area contributed by atoms with Crippen LogP contribution >= 0.6 is 0 Å². The molecule has 2 rings (SSSR count). The van der Waals surface area contributed by atoms with Gasteiger partial charge in [0.25, 0.3) is 0 Å². The number of hydrogen-bond donors (Lipinski definition) is 0. The molecule has 0 N–H and O–H groups in total. The standard InChI is InChI=1S/C14H17FN2/c1-11-9-13(15)4-3-12(11)10-17(8-2-7-16)14-5-6-14/h3-4,9,14H,2,5-6,8,10H2,1H3. The summed E-state index contributed by atoms with van der Waals surface area (Å²) in [5, 5.41) is 8.65. The van der Waals surface area contributed by atoms with E-state index >= 15 is 0 Å². The van der Waals surface area contributed by atoms with Gasteiger partial charge in [-0.2, -0.15) is 5.26 Å². The van der Waals surface area contributed by atoms with E-state index in [0.29, 0.717) is 12.5 Å². The predicted octanol–water partition coefficient (Wildman–Crippen LogP) is 3.01. The van der Waals surface area contributed by atoms with Gasteiger partial charge in [-0.15, -0.1) is 0 Å². The maximum Gasteiger partial charge on any atom is 0.123 e. The molecule has 1 aromatic carbocycles. The van der Waals surface area contributed by atoms with Crippen molar-refractivity contribution in [2.24, 2.45) is 0 Å². The zero-order chi connectivity index (χ0) is 12.3. The summed E-state index contributed by atoms with van der Waals surface area (Å²) in [6, 6.07) is 7.76. The van der Waals surface area contributed by atoms with Crippen LogP contribution < -0.4 is 0 Å². The van der Waals surface area contributed by atoms with Crippen molar-refractivity contribution in [3.05, 3.63) is 35.1 Å². The van der Waals surface area contributed by atoms with Gasteiger partial charge in [-0.25, -0.2) is 4.39 Å². The Hall–Kier alpha value is -1.40. The third-order valence-electron chi connectivity index (χ3n) is 3.25. The highest BCUT2D eigenvalue weighted by Crippen LogP contribution is 2.29. The second-order valence-corrected chi connectivity index (χ2v) is 4.68. The van der Waals surface area contributed by atoms with E-state index in [2.05, 4.69) is 11.0 Å². The molecule has 1 saturated carbocycles. The van der Waals surface area contributed by atoms with Gasteiger partial charge >= 0.3 is 0 Å². The van der Waals surface area contributed by atoms with Crippen LogP contribution in [0.15, 0.2) is 18.2 Å². The van der Waals surface area contributed by atoms with Gasteiger partial charge in [-0.3, -0.25) is 4.90 Å². The van der Waals surface area contributed by atoms with Crippen molar-refractivity contribution in [3.8, 4) is 6.07 Å². The number of nitriles is 1. The highest BCUT2D eigenvalue weighted by Gasteiger charge is 2.28. The average Bonchev–Trinajstić information content (AvgIpc) is 3.11. The van der Waals surface area contributed by atoms with Crippen LogP contribution in [0.3, 0.4) is 0 Å². The Bertz CT molecular complexity index is 432. The minimum absolute atomic E-state index is 0.179. The largest absolute Gasteiger partial charge is 0.295 e. The molecule has 90 valence electrons. The van der Waals surface area contributed by atoms with Crippen molar-refractivity contribution in [3.63, 3.8) is 0 Å². The Morgan fingerprint density at radius 1 is 1.47 bits per heavy atom. The molecule has 0 unspecified atom stereocenters. The van der Waals surface area contributed by atoms with Crippen LogP contribution in [0.2, 0.25) is 0 Å². The number of nitrogens with zero attached hydrogens (tertiary/aromatic N) is 2. The van der Waals surface area contributed by atoms with Gasteiger partial charge in [0.15, 0.2) is 0 Å². The van der Waals surface area contributed by atoms with Crippen molar-refractivity contribution in [1.29, 1.82) is 5.26 Å². The quantitative estimate of drug-likeness (QED) is 0.780. The Kier molecular flexibility index (Phi) is 3.75. The fourth-order valence-corrected chi connectivity index (χ4v) is 2.08. The smallest absolute Gasteiger partial charge is 0.123 e. The number of hydrogen-bond acceptors (Lipinski definition) is 2. The van der Waals surface area contributed by atoms with Crippen LogP contribution in [0.25, 0.3) is 0 Å². The lowest BCUT2D eigenvalue weighted by Crippen LogP contribution is -2.26. The molecule has 0 bridgehead atoms. The molecular weight excluding hydrogens is 215 g/mol. The van der Waals surface area contributed by atoms with Crippen LogP contribution in [-0.4, -0.2) is 17.5 Å². The lowest BCUT2D eigenvalue weighted by molar-refractivity contribution is 0.260. The summed E-state index contributed by atoms with van der Waals surface area (Å²) in [4.78, 5) is 2.34. The van der Waals surface area contributed by atoms with E-state index in [0.717, 1.165) is 24.2 Å². The molecule has 0 radical (unpaired) electrons. The van der Waals surface area contributed by atoms with E-state index in [-0.39, 0.29) is 5.82 Å². The molecule has 1 aliphatic carbocycles. The summed E-state index contributed by atoms with van der Waals surface area (Å²) in [5.74, 6) is -0.179. The molecule has 1 fully saturated rings. The van der Waals surface area contributed by atoms with Gasteiger partial charge in [-0.05, 0) is 43.0 Å². The molecule has 17 heavy (non-hydrogen) atoms. The van der Waals surface area contributed by atoms with Crippen LogP contribution in [0.5, 0.6) is 0 Å². The Morgan fingerprint density at radius 3 is 2.82 bits per heavy atom. The lowest BCUT2D eigenvalue weighted by Gasteiger charge is -2.21.